The highest BCUT2D eigenvalue weighted by molar-refractivity contribution is 6.46. The summed E-state index contributed by atoms with van der Waals surface area (Å²) in [6.45, 7) is 2.61. The van der Waals surface area contributed by atoms with Crippen LogP contribution in [0.3, 0.4) is 0 Å². The van der Waals surface area contributed by atoms with Crippen LogP contribution in [0.1, 0.15) is 28.3 Å². The molecule has 3 aromatic carbocycles. The second-order valence-corrected chi connectivity index (χ2v) is 8.33. The number of methoxy groups -OCH3 is 1. The van der Waals surface area contributed by atoms with Gasteiger partial charge in [-0.25, -0.2) is 0 Å². The largest absolute Gasteiger partial charge is 0.508 e. The van der Waals surface area contributed by atoms with Crippen LogP contribution in [-0.4, -0.2) is 47.1 Å². The average Bonchev–Trinajstić information content (AvgIpc) is 3.12. The topological polar surface area (TPSA) is 96.3 Å². The molecule has 0 saturated carbocycles. The lowest BCUT2D eigenvalue weighted by molar-refractivity contribution is -0.140. The smallest absolute Gasteiger partial charge is 0.295 e. The van der Waals surface area contributed by atoms with E-state index in [4.69, 9.17) is 9.47 Å². The average molecular weight is 474 g/mol. The third kappa shape index (κ3) is 5.05. The molecule has 1 fully saturated rings. The maximum Gasteiger partial charge on any atom is 0.295 e. The normalized spacial score (nSPS) is 17.1. The Kier molecular flexibility index (Phi) is 7.17. The molecule has 35 heavy (non-hydrogen) atoms. The number of hydrogen-bond donors (Lipinski definition) is 2. The molecule has 0 aromatic heterocycles. The zero-order valence-electron chi connectivity index (χ0n) is 19.6. The summed E-state index contributed by atoms with van der Waals surface area (Å²) < 4.78 is 11.0. The summed E-state index contributed by atoms with van der Waals surface area (Å²) in [7, 11) is 1.51. The van der Waals surface area contributed by atoms with Crippen LogP contribution in [0.15, 0.2) is 78.4 Å². The first-order valence-electron chi connectivity index (χ1n) is 11.2. The Balaban J connectivity index is 1.70. The Bertz CT molecular complexity index is 1250. The van der Waals surface area contributed by atoms with E-state index in [9.17, 15) is 19.8 Å². The summed E-state index contributed by atoms with van der Waals surface area (Å²) in [5.74, 6) is -1.04. The molecule has 0 unspecified atom stereocenters. The molecule has 7 nitrogen and oxygen atoms in total. The first kappa shape index (κ1) is 24.0. The zero-order valence-corrected chi connectivity index (χ0v) is 19.6. The maximum absolute atomic E-state index is 13.1. The lowest BCUT2D eigenvalue weighted by Gasteiger charge is -2.25. The molecule has 1 aliphatic heterocycles. The number of phenolic OH excluding ortho intramolecular Hbond substituents is 1. The quantitative estimate of drug-likeness (QED) is 0.287. The van der Waals surface area contributed by atoms with E-state index in [1.54, 1.807) is 37.3 Å². The Hall–Kier alpha value is -4.10. The van der Waals surface area contributed by atoms with Crippen LogP contribution in [0.4, 0.5) is 0 Å². The summed E-state index contributed by atoms with van der Waals surface area (Å²) in [5, 5.41) is 21.0. The number of Topliss-reactive ketones (excluding diaryl/α,β-unsaturated/α-hetero) is 1. The second kappa shape index (κ2) is 10.4. The predicted molar refractivity (Wildman–Crippen MR) is 131 cm³/mol. The van der Waals surface area contributed by atoms with Crippen molar-refractivity contribution in [2.45, 2.75) is 19.6 Å². The number of rotatable bonds is 8. The number of benzene rings is 3. The molecule has 0 spiro atoms. The first-order chi connectivity index (χ1) is 16.9. The fourth-order valence-corrected chi connectivity index (χ4v) is 4.18. The van der Waals surface area contributed by atoms with Crippen molar-refractivity contribution in [3.05, 3.63) is 101 Å². The third-order valence-corrected chi connectivity index (χ3v) is 5.99. The Morgan fingerprint density at radius 1 is 1.00 bits per heavy atom. The third-order valence-electron chi connectivity index (χ3n) is 5.99. The lowest BCUT2D eigenvalue weighted by atomic mass is 9.94. The van der Waals surface area contributed by atoms with E-state index in [0.29, 0.717) is 29.0 Å². The molecule has 3 aromatic rings. The van der Waals surface area contributed by atoms with Crippen LogP contribution < -0.4 is 4.74 Å². The minimum atomic E-state index is -0.806. The highest BCUT2D eigenvalue weighted by Gasteiger charge is 2.46. The van der Waals surface area contributed by atoms with Crippen molar-refractivity contribution in [3.8, 4) is 11.5 Å². The highest BCUT2D eigenvalue weighted by atomic mass is 16.5. The van der Waals surface area contributed by atoms with Crippen LogP contribution in [-0.2, 0) is 20.9 Å². The summed E-state index contributed by atoms with van der Waals surface area (Å²) >= 11 is 0. The van der Waals surface area contributed by atoms with Crippen molar-refractivity contribution in [1.82, 2.24) is 4.90 Å². The van der Waals surface area contributed by atoms with Gasteiger partial charge in [-0.15, -0.1) is 0 Å². The van der Waals surface area contributed by atoms with Gasteiger partial charge in [0, 0.05) is 19.2 Å². The van der Waals surface area contributed by atoms with Crippen LogP contribution in [0.2, 0.25) is 0 Å². The van der Waals surface area contributed by atoms with Crippen molar-refractivity contribution in [1.29, 1.82) is 0 Å². The number of ketones is 1. The summed E-state index contributed by atoms with van der Waals surface area (Å²) in [6.07, 6.45) is 0. The summed E-state index contributed by atoms with van der Waals surface area (Å²) in [5.41, 5.74) is 2.76. The van der Waals surface area contributed by atoms with E-state index in [2.05, 4.69) is 0 Å². The number of aliphatic hydroxyl groups excluding tert-OH is 1. The molecule has 180 valence electrons. The molecule has 1 saturated heterocycles. The zero-order chi connectivity index (χ0) is 24.9. The number of aliphatic hydroxyl groups is 1. The van der Waals surface area contributed by atoms with Crippen LogP contribution >= 0.6 is 0 Å². The van der Waals surface area contributed by atoms with Gasteiger partial charge in [0.25, 0.3) is 11.7 Å². The van der Waals surface area contributed by atoms with Gasteiger partial charge in [0.2, 0.25) is 0 Å². The molecule has 0 aliphatic carbocycles. The van der Waals surface area contributed by atoms with Gasteiger partial charge < -0.3 is 24.6 Å². The van der Waals surface area contributed by atoms with Gasteiger partial charge in [0.15, 0.2) is 0 Å². The molecular weight excluding hydrogens is 446 g/mol. The number of carbonyl (C=O) groups excluding carboxylic acids is 2. The predicted octanol–water partition coefficient (Wildman–Crippen LogP) is 4.35. The van der Waals surface area contributed by atoms with Gasteiger partial charge in [0.1, 0.15) is 23.9 Å². The molecule has 7 heteroatoms. The number of phenols is 1. The molecule has 4 rings (SSSR count). The van der Waals surface area contributed by atoms with Gasteiger partial charge >= 0.3 is 0 Å². The molecule has 1 heterocycles. The van der Waals surface area contributed by atoms with Crippen LogP contribution in [0, 0.1) is 6.92 Å². The van der Waals surface area contributed by atoms with E-state index >= 15 is 0 Å². The van der Waals surface area contributed by atoms with E-state index in [1.807, 2.05) is 30.3 Å². The number of amides is 1. The molecule has 2 N–H and O–H groups in total. The lowest BCUT2D eigenvalue weighted by Crippen LogP contribution is -2.32. The van der Waals surface area contributed by atoms with Gasteiger partial charge in [-0.3, -0.25) is 9.59 Å². The van der Waals surface area contributed by atoms with Crippen molar-refractivity contribution < 1.29 is 29.3 Å². The minimum Gasteiger partial charge on any atom is -0.508 e. The van der Waals surface area contributed by atoms with Gasteiger partial charge in [-0.2, -0.15) is 0 Å². The number of nitrogens with zero attached hydrogens (tertiary/aromatic N) is 1. The van der Waals surface area contributed by atoms with E-state index < -0.39 is 17.7 Å². The van der Waals surface area contributed by atoms with E-state index in [-0.39, 0.29) is 30.2 Å². The Morgan fingerprint density at radius 2 is 1.71 bits per heavy atom. The maximum atomic E-state index is 13.1. The molecule has 1 aliphatic rings. The summed E-state index contributed by atoms with van der Waals surface area (Å²) in [4.78, 5) is 27.3. The number of ether oxygens (including phenoxy) is 2. The van der Waals surface area contributed by atoms with E-state index in [1.165, 1.54) is 24.1 Å². The van der Waals surface area contributed by atoms with Crippen molar-refractivity contribution in [2.75, 3.05) is 20.3 Å². The van der Waals surface area contributed by atoms with Crippen molar-refractivity contribution >= 4 is 17.4 Å². The van der Waals surface area contributed by atoms with Gasteiger partial charge in [-0.05, 0) is 53.9 Å². The Morgan fingerprint density at radius 3 is 2.37 bits per heavy atom. The molecule has 0 radical (unpaired) electrons. The summed E-state index contributed by atoms with van der Waals surface area (Å²) in [6, 6.07) is 20.4. The van der Waals surface area contributed by atoms with Gasteiger partial charge in [-0.1, -0.05) is 42.5 Å². The number of hydrogen-bond acceptors (Lipinski definition) is 6. The fourth-order valence-electron chi connectivity index (χ4n) is 4.18. The monoisotopic (exact) mass is 473 g/mol. The van der Waals surface area contributed by atoms with Crippen LogP contribution in [0.25, 0.3) is 5.76 Å². The standard InChI is InChI=1S/C28H27NO6/c1-18-16-22(35-17-19-6-4-3-5-7-19)12-13-23(18)26(31)24-25(20-8-10-21(30)11-9-20)29(14-15-34-2)28(33)27(24)32/h3-13,16,25,30-31H,14-15,17H2,1-2H3/b26-24+/t25-/m1/s1. The molecule has 0 bridgehead atoms. The first-order valence-corrected chi connectivity index (χ1v) is 11.2. The Labute approximate surface area is 203 Å². The second-order valence-electron chi connectivity index (χ2n) is 8.33. The van der Waals surface area contributed by atoms with E-state index in [0.717, 1.165) is 5.56 Å². The number of likely N-dealkylation sites (tertiary alicyclic amines) is 1. The SMILES string of the molecule is COCCN1C(=O)C(=O)/C(=C(/O)c2ccc(OCc3ccccc3)cc2C)[C@H]1c1ccc(O)cc1. The van der Waals surface area contributed by atoms with Gasteiger partial charge in [0.05, 0.1) is 18.2 Å². The molecular formula is C28H27NO6. The molecule has 1 amide bonds. The highest BCUT2D eigenvalue weighted by Crippen LogP contribution is 2.40. The fraction of sp³-hybridized carbons (Fsp3) is 0.214. The molecule has 1 atom stereocenters. The number of carbonyl (C=O) groups is 2. The van der Waals surface area contributed by atoms with Crippen LogP contribution in [0.5, 0.6) is 11.5 Å². The van der Waals surface area contributed by atoms with Crippen molar-refractivity contribution in [2.24, 2.45) is 0 Å². The number of aryl methyl sites for hydroxylation is 1. The number of aromatic hydroxyl groups is 1. The van der Waals surface area contributed by atoms with Crippen molar-refractivity contribution in [3.63, 3.8) is 0 Å². The minimum absolute atomic E-state index is 0.00199.